The fourth-order valence-corrected chi connectivity index (χ4v) is 5.91. The number of pyridine rings is 1. The Morgan fingerprint density at radius 3 is 2.67 bits per heavy atom. The van der Waals surface area contributed by atoms with Crippen LogP contribution in [0.1, 0.15) is 24.0 Å². The number of aromatic nitrogens is 1. The number of likely N-dealkylation sites (tertiary alicyclic amines) is 1. The topological polar surface area (TPSA) is 91.8 Å². The van der Waals surface area contributed by atoms with E-state index in [-0.39, 0.29) is 24.2 Å². The molecular weight excluding hydrogens is 402 g/mol. The van der Waals surface area contributed by atoms with Crippen molar-refractivity contribution in [3.8, 4) is 0 Å². The van der Waals surface area contributed by atoms with Gasteiger partial charge >= 0.3 is 0 Å². The van der Waals surface area contributed by atoms with E-state index >= 15 is 0 Å². The molecule has 2 heterocycles. The lowest BCUT2D eigenvalue weighted by molar-refractivity contribution is -0.0914. The van der Waals surface area contributed by atoms with E-state index < -0.39 is 15.6 Å². The van der Waals surface area contributed by atoms with Gasteiger partial charge in [-0.3, -0.25) is 14.6 Å². The predicted octanol–water partition coefficient (Wildman–Crippen LogP) is 2.20. The Morgan fingerprint density at radius 2 is 2.00 bits per heavy atom. The molecule has 2 atom stereocenters. The zero-order valence-electron chi connectivity index (χ0n) is 17.2. The molecule has 30 heavy (non-hydrogen) atoms. The quantitative estimate of drug-likeness (QED) is 0.666. The van der Waals surface area contributed by atoms with Gasteiger partial charge in [0.05, 0.1) is 18.0 Å². The van der Waals surface area contributed by atoms with Gasteiger partial charge in [0.2, 0.25) is 10.0 Å². The molecule has 7 nitrogen and oxygen atoms in total. The Bertz CT molecular complexity index is 953. The van der Waals surface area contributed by atoms with Crippen molar-refractivity contribution >= 4 is 15.7 Å². The van der Waals surface area contributed by atoms with Crippen molar-refractivity contribution in [2.45, 2.75) is 25.0 Å². The van der Waals surface area contributed by atoms with E-state index in [1.807, 2.05) is 24.4 Å². The number of benzene rings is 1. The second-order valence-electron chi connectivity index (χ2n) is 8.35. The minimum absolute atomic E-state index is 0.105. The summed E-state index contributed by atoms with van der Waals surface area (Å²) in [6.07, 6.45) is 5.60. The minimum atomic E-state index is -3.49. The van der Waals surface area contributed by atoms with E-state index in [0.29, 0.717) is 5.69 Å². The normalized spacial score (nSPS) is 26.6. The number of fused-ring (bicyclic) bond motifs is 2. The van der Waals surface area contributed by atoms with Gasteiger partial charge in [-0.1, -0.05) is 18.2 Å². The van der Waals surface area contributed by atoms with Crippen LogP contribution in [-0.2, 0) is 26.9 Å². The summed E-state index contributed by atoms with van der Waals surface area (Å²) in [5.41, 5.74) is 1.52. The van der Waals surface area contributed by atoms with E-state index in [9.17, 15) is 13.5 Å². The summed E-state index contributed by atoms with van der Waals surface area (Å²) >= 11 is 0. The largest absolute Gasteiger partial charge is 0.384 e. The van der Waals surface area contributed by atoms with Gasteiger partial charge in [-0.2, -0.15) is 0 Å². The molecule has 1 aliphatic heterocycles. The monoisotopic (exact) mass is 431 g/mol. The molecule has 1 aliphatic carbocycles. The van der Waals surface area contributed by atoms with Crippen molar-refractivity contribution in [1.29, 1.82) is 0 Å². The summed E-state index contributed by atoms with van der Waals surface area (Å²) in [7, 11) is -2.02. The van der Waals surface area contributed by atoms with Crippen LogP contribution in [0.25, 0.3) is 0 Å². The number of rotatable bonds is 8. The van der Waals surface area contributed by atoms with Gasteiger partial charge in [-0.15, -0.1) is 0 Å². The molecule has 1 saturated heterocycles. The van der Waals surface area contributed by atoms with Gasteiger partial charge in [0, 0.05) is 56.7 Å². The van der Waals surface area contributed by atoms with Gasteiger partial charge < -0.3 is 9.84 Å². The molecule has 1 aromatic heterocycles. The first-order chi connectivity index (χ1) is 14.4. The number of sulfonamides is 1. The number of hydrogen-bond acceptors (Lipinski definition) is 6. The fourth-order valence-electron chi connectivity index (χ4n) is 4.94. The number of nitrogens with zero attached hydrogens (tertiary/aromatic N) is 2. The smallest absolute Gasteiger partial charge is 0.234 e. The maximum atomic E-state index is 12.2. The van der Waals surface area contributed by atoms with Crippen LogP contribution in [0.4, 0.5) is 5.69 Å². The Hall–Kier alpha value is -2.00. The van der Waals surface area contributed by atoms with Crippen LogP contribution in [0, 0.1) is 11.8 Å². The molecule has 2 fully saturated rings. The number of ether oxygens (including phenoxy) is 1. The minimum Gasteiger partial charge on any atom is -0.384 e. The summed E-state index contributed by atoms with van der Waals surface area (Å²) < 4.78 is 31.9. The summed E-state index contributed by atoms with van der Waals surface area (Å²) in [4.78, 5) is 6.59. The first-order valence-corrected chi connectivity index (χ1v) is 12.0. The molecule has 2 bridgehead atoms. The average Bonchev–Trinajstić information content (AvgIpc) is 2.90. The van der Waals surface area contributed by atoms with Crippen molar-refractivity contribution in [2.75, 3.05) is 37.3 Å². The molecule has 1 aromatic carbocycles. The Balaban J connectivity index is 1.50. The fraction of sp³-hybridized carbons (Fsp3) is 0.500. The molecule has 8 heteroatoms. The Morgan fingerprint density at radius 1 is 1.23 bits per heavy atom. The second kappa shape index (κ2) is 8.63. The molecule has 0 amide bonds. The van der Waals surface area contributed by atoms with E-state index in [2.05, 4.69) is 20.7 Å². The first-order valence-electron chi connectivity index (χ1n) is 10.3. The lowest BCUT2D eigenvalue weighted by atomic mass is 9.75. The van der Waals surface area contributed by atoms with Gasteiger partial charge in [0.15, 0.2) is 0 Å². The lowest BCUT2D eigenvalue weighted by Crippen LogP contribution is -2.51. The summed E-state index contributed by atoms with van der Waals surface area (Å²) in [5.74, 6) is 0.133. The van der Waals surface area contributed by atoms with Gasteiger partial charge in [0.1, 0.15) is 0 Å². The standard InChI is InChI=1S/C22H29N3O4S/c1-29-10-11-30(27,28)24-21-6-2-5-18(12-21)22(26)19-7-8-20(22)16-25(15-19)14-17-4-3-9-23-13-17/h2-6,9,12-13,19-20,24,26H,7-8,10-11,14-16H2,1H3. The van der Waals surface area contributed by atoms with Crippen LogP contribution >= 0.6 is 0 Å². The number of methoxy groups -OCH3 is 1. The van der Waals surface area contributed by atoms with E-state index in [4.69, 9.17) is 4.74 Å². The molecule has 4 rings (SSSR count). The maximum Gasteiger partial charge on any atom is 0.234 e. The van der Waals surface area contributed by atoms with E-state index in [1.165, 1.54) is 12.7 Å². The van der Waals surface area contributed by atoms with Crippen LogP contribution < -0.4 is 4.72 Å². The summed E-state index contributed by atoms with van der Waals surface area (Å²) in [5, 5.41) is 11.8. The average molecular weight is 432 g/mol. The zero-order valence-corrected chi connectivity index (χ0v) is 18.0. The number of nitrogens with one attached hydrogen (secondary N) is 1. The summed E-state index contributed by atoms with van der Waals surface area (Å²) in [6.45, 7) is 2.59. The highest BCUT2D eigenvalue weighted by Crippen LogP contribution is 2.51. The van der Waals surface area contributed by atoms with Crippen LogP contribution in [-0.4, -0.2) is 56.0 Å². The van der Waals surface area contributed by atoms with Crippen LogP contribution in [0.5, 0.6) is 0 Å². The molecule has 2 aliphatic rings. The number of aliphatic hydroxyl groups is 1. The van der Waals surface area contributed by atoms with Crippen LogP contribution in [0.15, 0.2) is 48.8 Å². The molecular formula is C22H29N3O4S. The number of anilines is 1. The number of piperidine rings is 1. The molecule has 0 radical (unpaired) electrons. The van der Waals surface area contributed by atoms with Gasteiger partial charge in [-0.25, -0.2) is 8.42 Å². The van der Waals surface area contributed by atoms with Crippen LogP contribution in [0.2, 0.25) is 0 Å². The predicted molar refractivity (Wildman–Crippen MR) is 115 cm³/mol. The molecule has 0 spiro atoms. The van der Waals surface area contributed by atoms with Crippen molar-refractivity contribution in [2.24, 2.45) is 11.8 Å². The van der Waals surface area contributed by atoms with Crippen molar-refractivity contribution < 1.29 is 18.3 Å². The SMILES string of the molecule is COCCS(=O)(=O)Nc1cccc(C2(O)C3CCC2CN(Cc2cccnc2)C3)c1. The van der Waals surface area contributed by atoms with Gasteiger partial charge in [0.25, 0.3) is 0 Å². The van der Waals surface area contributed by atoms with E-state index in [1.54, 1.807) is 18.3 Å². The third kappa shape index (κ3) is 4.37. The molecule has 2 aromatic rings. The summed E-state index contributed by atoms with van der Waals surface area (Å²) in [6, 6.07) is 11.2. The van der Waals surface area contributed by atoms with E-state index in [0.717, 1.165) is 38.0 Å². The number of hydrogen-bond donors (Lipinski definition) is 2. The van der Waals surface area contributed by atoms with Crippen LogP contribution in [0.3, 0.4) is 0 Å². The zero-order chi connectivity index (χ0) is 21.2. The molecule has 2 N–H and O–H groups in total. The molecule has 162 valence electrons. The van der Waals surface area contributed by atoms with Gasteiger partial charge in [-0.05, 0) is 42.2 Å². The first kappa shape index (κ1) is 21.2. The highest BCUT2D eigenvalue weighted by atomic mass is 32.2. The third-order valence-corrected chi connectivity index (χ3v) is 7.60. The second-order valence-corrected chi connectivity index (χ2v) is 10.2. The molecule has 1 saturated carbocycles. The maximum absolute atomic E-state index is 12.2. The highest BCUT2D eigenvalue weighted by molar-refractivity contribution is 7.92. The third-order valence-electron chi connectivity index (χ3n) is 6.35. The Kier molecular flexibility index (Phi) is 6.11. The highest BCUT2D eigenvalue weighted by Gasteiger charge is 2.53. The Labute approximate surface area is 178 Å². The van der Waals surface area contributed by atoms with Crippen molar-refractivity contribution in [3.63, 3.8) is 0 Å². The lowest BCUT2D eigenvalue weighted by Gasteiger charge is -2.45. The van der Waals surface area contributed by atoms with Crippen molar-refractivity contribution in [1.82, 2.24) is 9.88 Å². The molecule has 2 unspecified atom stereocenters. The van der Waals surface area contributed by atoms with Crippen molar-refractivity contribution in [3.05, 3.63) is 59.9 Å².